The van der Waals surface area contributed by atoms with E-state index < -0.39 is 5.60 Å². The van der Waals surface area contributed by atoms with Gasteiger partial charge in [-0.05, 0) is 45.7 Å². The summed E-state index contributed by atoms with van der Waals surface area (Å²) in [6, 6.07) is 4.48. The van der Waals surface area contributed by atoms with Crippen LogP contribution in [0.3, 0.4) is 0 Å². The van der Waals surface area contributed by atoms with Crippen LogP contribution in [0.5, 0.6) is 0 Å². The van der Waals surface area contributed by atoms with Crippen LogP contribution in [0.15, 0.2) is 16.5 Å². The maximum absolute atomic E-state index is 10.3. The molecule has 2 rings (SSSR count). The average molecular weight is 252 g/mol. The van der Waals surface area contributed by atoms with Gasteiger partial charge in [-0.2, -0.15) is 0 Å². The van der Waals surface area contributed by atoms with E-state index in [1.165, 1.54) is 0 Å². The average Bonchev–Trinajstić information content (AvgIpc) is 2.76. The quantitative estimate of drug-likeness (QED) is 0.859. The molecule has 0 unspecified atom stereocenters. The first kappa shape index (κ1) is 13.4. The minimum atomic E-state index is -0.523. The van der Waals surface area contributed by atoms with Crippen LogP contribution < -0.4 is 10.2 Å². The van der Waals surface area contributed by atoms with Gasteiger partial charge >= 0.3 is 0 Å². The molecule has 102 valence electrons. The van der Waals surface area contributed by atoms with Crippen LogP contribution in [0.2, 0.25) is 0 Å². The van der Waals surface area contributed by atoms with E-state index in [4.69, 9.17) is 4.42 Å². The fraction of sp³-hybridized carbons (Fsp3) is 0.714. The molecule has 0 bridgehead atoms. The van der Waals surface area contributed by atoms with E-state index in [0.717, 1.165) is 37.3 Å². The molecule has 1 aromatic heterocycles. The zero-order valence-electron chi connectivity index (χ0n) is 11.6. The number of likely N-dealkylation sites (N-methyl/N-ethyl adjacent to an activating group) is 1. The zero-order valence-corrected chi connectivity index (χ0v) is 11.6. The fourth-order valence-electron chi connectivity index (χ4n) is 2.82. The van der Waals surface area contributed by atoms with E-state index in [2.05, 4.69) is 17.3 Å². The molecule has 0 saturated heterocycles. The van der Waals surface area contributed by atoms with Crippen molar-refractivity contribution in [1.29, 1.82) is 0 Å². The molecular formula is C14H24N2O2. The molecule has 0 aliphatic heterocycles. The smallest absolute Gasteiger partial charge is 0.195 e. The van der Waals surface area contributed by atoms with Crippen molar-refractivity contribution in [2.45, 2.75) is 44.2 Å². The molecule has 1 aliphatic carbocycles. The molecule has 0 atom stereocenters. The third-order valence-electron chi connectivity index (χ3n) is 4.01. The summed E-state index contributed by atoms with van der Waals surface area (Å²) in [4.78, 5) is 2.20. The van der Waals surface area contributed by atoms with Crippen molar-refractivity contribution in [3.05, 3.63) is 17.9 Å². The lowest BCUT2D eigenvalue weighted by atomic mass is 9.81. The van der Waals surface area contributed by atoms with Crippen LogP contribution in [0.4, 0.5) is 5.88 Å². The molecule has 0 radical (unpaired) electrons. The van der Waals surface area contributed by atoms with Crippen LogP contribution >= 0.6 is 0 Å². The highest BCUT2D eigenvalue weighted by molar-refractivity contribution is 5.36. The first-order valence-electron chi connectivity index (χ1n) is 6.70. The van der Waals surface area contributed by atoms with E-state index in [9.17, 15) is 5.11 Å². The Hall–Kier alpha value is -1.00. The van der Waals surface area contributed by atoms with Gasteiger partial charge < -0.3 is 19.7 Å². The number of aryl methyl sites for hydroxylation is 1. The number of hydrogen-bond donors (Lipinski definition) is 2. The topological polar surface area (TPSA) is 48.6 Å². The van der Waals surface area contributed by atoms with Crippen molar-refractivity contribution in [1.82, 2.24) is 5.32 Å². The molecule has 0 spiro atoms. The molecule has 18 heavy (non-hydrogen) atoms. The molecule has 0 aromatic carbocycles. The summed E-state index contributed by atoms with van der Waals surface area (Å²) in [5.41, 5.74) is -0.523. The molecule has 1 saturated carbocycles. The summed E-state index contributed by atoms with van der Waals surface area (Å²) in [6.07, 6.45) is 3.72. The Morgan fingerprint density at radius 3 is 2.61 bits per heavy atom. The SMILES string of the molecule is CNCC1(O)CCC(N(C)c2ccc(C)o2)CC1. The molecule has 1 aromatic rings. The van der Waals surface area contributed by atoms with Gasteiger partial charge in [0.25, 0.3) is 0 Å². The maximum Gasteiger partial charge on any atom is 0.195 e. The Labute approximate surface area is 109 Å². The van der Waals surface area contributed by atoms with Gasteiger partial charge in [0.15, 0.2) is 5.88 Å². The number of furan rings is 1. The van der Waals surface area contributed by atoms with Crippen LogP contribution in [-0.4, -0.2) is 37.4 Å². The van der Waals surface area contributed by atoms with E-state index in [0.29, 0.717) is 12.6 Å². The highest BCUT2D eigenvalue weighted by Gasteiger charge is 2.34. The number of nitrogens with one attached hydrogen (secondary N) is 1. The monoisotopic (exact) mass is 252 g/mol. The van der Waals surface area contributed by atoms with Crippen molar-refractivity contribution in [2.75, 3.05) is 25.5 Å². The van der Waals surface area contributed by atoms with Gasteiger partial charge in [0.1, 0.15) is 5.76 Å². The third-order valence-corrected chi connectivity index (χ3v) is 4.01. The summed E-state index contributed by atoms with van der Waals surface area (Å²) in [5.74, 6) is 1.87. The highest BCUT2D eigenvalue weighted by atomic mass is 16.4. The van der Waals surface area contributed by atoms with Gasteiger partial charge in [0, 0.05) is 25.7 Å². The predicted molar refractivity (Wildman–Crippen MR) is 73.0 cm³/mol. The van der Waals surface area contributed by atoms with Gasteiger partial charge in [0.05, 0.1) is 5.60 Å². The first-order chi connectivity index (χ1) is 8.54. The van der Waals surface area contributed by atoms with Crippen molar-refractivity contribution in [3.8, 4) is 0 Å². The number of anilines is 1. The van der Waals surface area contributed by atoms with Crippen molar-refractivity contribution < 1.29 is 9.52 Å². The van der Waals surface area contributed by atoms with Gasteiger partial charge in [-0.25, -0.2) is 0 Å². The zero-order chi connectivity index (χ0) is 13.2. The standard InChI is InChI=1S/C14H24N2O2/c1-11-4-5-13(18-11)16(3)12-6-8-14(17,9-7-12)10-15-2/h4-5,12,15,17H,6-10H2,1-3H3. The lowest BCUT2D eigenvalue weighted by Crippen LogP contribution is -2.46. The van der Waals surface area contributed by atoms with Crippen molar-refractivity contribution in [3.63, 3.8) is 0 Å². The largest absolute Gasteiger partial charge is 0.446 e. The molecule has 2 N–H and O–H groups in total. The Morgan fingerprint density at radius 1 is 1.44 bits per heavy atom. The molecule has 1 aliphatic rings. The van der Waals surface area contributed by atoms with Gasteiger partial charge in [0.2, 0.25) is 0 Å². The molecule has 0 amide bonds. The van der Waals surface area contributed by atoms with Gasteiger partial charge in [-0.15, -0.1) is 0 Å². The van der Waals surface area contributed by atoms with E-state index >= 15 is 0 Å². The van der Waals surface area contributed by atoms with Gasteiger partial charge in [-0.1, -0.05) is 0 Å². The molecule has 1 heterocycles. The van der Waals surface area contributed by atoms with Crippen LogP contribution in [0.25, 0.3) is 0 Å². The third kappa shape index (κ3) is 2.87. The predicted octanol–water partition coefficient (Wildman–Crippen LogP) is 1.92. The lowest BCUT2D eigenvalue weighted by molar-refractivity contribution is 0.00174. The Morgan fingerprint density at radius 2 is 2.11 bits per heavy atom. The second-order valence-electron chi connectivity index (χ2n) is 5.48. The summed E-state index contributed by atoms with van der Waals surface area (Å²) in [5, 5.41) is 13.4. The van der Waals surface area contributed by atoms with Crippen molar-refractivity contribution in [2.24, 2.45) is 0 Å². The first-order valence-corrected chi connectivity index (χ1v) is 6.70. The molecular weight excluding hydrogens is 228 g/mol. The molecule has 4 heteroatoms. The van der Waals surface area contributed by atoms with Crippen molar-refractivity contribution >= 4 is 5.88 Å². The molecule has 4 nitrogen and oxygen atoms in total. The number of nitrogens with zero attached hydrogens (tertiary/aromatic N) is 1. The van der Waals surface area contributed by atoms with Crippen LogP contribution in [0.1, 0.15) is 31.4 Å². The van der Waals surface area contributed by atoms with Gasteiger partial charge in [-0.3, -0.25) is 0 Å². The second kappa shape index (κ2) is 5.33. The van der Waals surface area contributed by atoms with Crippen LogP contribution in [-0.2, 0) is 0 Å². The summed E-state index contributed by atoms with van der Waals surface area (Å²) in [7, 11) is 3.97. The Kier molecular flexibility index (Phi) is 3.97. The minimum absolute atomic E-state index is 0.465. The number of hydrogen-bond acceptors (Lipinski definition) is 4. The minimum Gasteiger partial charge on any atom is -0.446 e. The Balaban J connectivity index is 1.93. The molecule has 1 fully saturated rings. The summed E-state index contributed by atoms with van der Waals surface area (Å²) >= 11 is 0. The Bertz CT molecular complexity index is 381. The maximum atomic E-state index is 10.3. The lowest BCUT2D eigenvalue weighted by Gasteiger charge is -2.39. The second-order valence-corrected chi connectivity index (χ2v) is 5.48. The van der Waals surface area contributed by atoms with E-state index in [-0.39, 0.29) is 0 Å². The van der Waals surface area contributed by atoms with Crippen LogP contribution in [0, 0.1) is 6.92 Å². The number of rotatable bonds is 4. The highest BCUT2D eigenvalue weighted by Crippen LogP contribution is 2.32. The summed E-state index contributed by atoms with van der Waals surface area (Å²) < 4.78 is 5.65. The normalized spacial score (nSPS) is 28.3. The summed E-state index contributed by atoms with van der Waals surface area (Å²) in [6.45, 7) is 2.65. The number of aliphatic hydroxyl groups is 1. The fourth-order valence-corrected chi connectivity index (χ4v) is 2.82. The van der Waals surface area contributed by atoms with E-state index in [1.54, 1.807) is 0 Å². The van der Waals surface area contributed by atoms with E-state index in [1.807, 2.05) is 26.1 Å².